The van der Waals surface area contributed by atoms with Crippen LogP contribution >= 0.6 is 0 Å². The van der Waals surface area contributed by atoms with Crippen LogP contribution in [0.1, 0.15) is 19.8 Å². The molecule has 1 saturated heterocycles. The van der Waals surface area contributed by atoms with E-state index >= 15 is 0 Å². The highest BCUT2D eigenvalue weighted by atomic mass is 32.2. The third-order valence-electron chi connectivity index (χ3n) is 3.19. The van der Waals surface area contributed by atoms with Crippen molar-refractivity contribution in [2.24, 2.45) is 5.73 Å². The van der Waals surface area contributed by atoms with Crippen molar-refractivity contribution in [3.05, 3.63) is 12.4 Å². The fourth-order valence-corrected chi connectivity index (χ4v) is 3.30. The average Bonchev–Trinajstić information content (AvgIpc) is 2.97. The monoisotopic (exact) mass is 288 g/mol. The second-order valence-corrected chi connectivity index (χ2v) is 6.39. The number of nitrogens with two attached hydrogens (primary N) is 1. The first-order chi connectivity index (χ1) is 9.03. The Balaban J connectivity index is 2.04. The maximum Gasteiger partial charge on any atom is 0.244 e. The zero-order valence-corrected chi connectivity index (χ0v) is 11.8. The Kier molecular flexibility index (Phi) is 4.56. The Hall–Kier alpha value is -0.960. The zero-order chi connectivity index (χ0) is 13.9. The van der Waals surface area contributed by atoms with Crippen molar-refractivity contribution in [2.45, 2.75) is 43.4 Å². The van der Waals surface area contributed by atoms with E-state index in [0.717, 1.165) is 6.42 Å². The fourth-order valence-electron chi connectivity index (χ4n) is 2.01. The first kappa shape index (κ1) is 14.4. The Bertz CT molecular complexity index is 514. The minimum atomic E-state index is -3.53. The van der Waals surface area contributed by atoms with E-state index in [2.05, 4.69) is 9.82 Å². The van der Waals surface area contributed by atoms with E-state index in [1.54, 1.807) is 4.68 Å². The Morgan fingerprint density at radius 3 is 3.05 bits per heavy atom. The highest BCUT2D eigenvalue weighted by Gasteiger charge is 2.29. The summed E-state index contributed by atoms with van der Waals surface area (Å²) in [6.07, 6.45) is 4.25. The molecule has 1 aliphatic rings. The molecule has 1 aliphatic heterocycles. The molecular formula is C11H20N4O3S. The lowest BCUT2D eigenvalue weighted by Crippen LogP contribution is -2.38. The lowest BCUT2D eigenvalue weighted by atomic mass is 10.2. The van der Waals surface area contributed by atoms with E-state index in [-0.39, 0.29) is 17.0 Å². The van der Waals surface area contributed by atoms with E-state index in [1.807, 2.05) is 6.92 Å². The fraction of sp³-hybridized carbons (Fsp3) is 0.727. The van der Waals surface area contributed by atoms with Crippen LogP contribution < -0.4 is 10.5 Å². The Morgan fingerprint density at radius 2 is 2.42 bits per heavy atom. The molecule has 0 aliphatic carbocycles. The van der Waals surface area contributed by atoms with Gasteiger partial charge in [-0.1, -0.05) is 0 Å². The van der Waals surface area contributed by atoms with Crippen LogP contribution in [0.25, 0.3) is 0 Å². The van der Waals surface area contributed by atoms with Gasteiger partial charge in [0, 0.05) is 19.3 Å². The summed E-state index contributed by atoms with van der Waals surface area (Å²) in [5.74, 6) is 0. The molecule has 1 fully saturated rings. The summed E-state index contributed by atoms with van der Waals surface area (Å²) in [6, 6.07) is -0.169. The third-order valence-corrected chi connectivity index (χ3v) is 4.64. The highest BCUT2D eigenvalue weighted by molar-refractivity contribution is 7.89. The predicted molar refractivity (Wildman–Crippen MR) is 70.0 cm³/mol. The van der Waals surface area contributed by atoms with Crippen molar-refractivity contribution in [2.75, 3.05) is 13.2 Å². The Labute approximate surface area is 113 Å². The van der Waals surface area contributed by atoms with Gasteiger partial charge in [0.25, 0.3) is 0 Å². The second-order valence-electron chi connectivity index (χ2n) is 4.67. The molecule has 2 heterocycles. The van der Waals surface area contributed by atoms with Gasteiger partial charge in [0.15, 0.2) is 0 Å². The van der Waals surface area contributed by atoms with Crippen LogP contribution in [0.2, 0.25) is 0 Å². The molecular weight excluding hydrogens is 268 g/mol. The van der Waals surface area contributed by atoms with Crippen LogP contribution in [0.5, 0.6) is 0 Å². The van der Waals surface area contributed by atoms with Crippen molar-refractivity contribution < 1.29 is 13.2 Å². The predicted octanol–water partition coefficient (Wildman–Crippen LogP) is -0.312. The van der Waals surface area contributed by atoms with Crippen LogP contribution in [0, 0.1) is 0 Å². The van der Waals surface area contributed by atoms with Crippen LogP contribution in [0.3, 0.4) is 0 Å². The van der Waals surface area contributed by atoms with Gasteiger partial charge in [0.05, 0.1) is 18.3 Å². The highest BCUT2D eigenvalue weighted by Crippen LogP contribution is 2.16. The molecule has 0 radical (unpaired) electrons. The SMILES string of the molecule is CC1OCCC1NS(=O)(=O)c1cnn(CCCN)c1. The van der Waals surface area contributed by atoms with Crippen LogP contribution in [-0.4, -0.2) is 43.5 Å². The van der Waals surface area contributed by atoms with Gasteiger partial charge in [0.1, 0.15) is 4.90 Å². The molecule has 1 aromatic heterocycles. The van der Waals surface area contributed by atoms with Gasteiger partial charge in [-0.05, 0) is 26.3 Å². The number of aromatic nitrogens is 2. The van der Waals surface area contributed by atoms with E-state index in [9.17, 15) is 8.42 Å². The first-order valence-electron chi connectivity index (χ1n) is 6.39. The summed E-state index contributed by atoms with van der Waals surface area (Å²) in [4.78, 5) is 0.184. The smallest absolute Gasteiger partial charge is 0.244 e. The number of rotatable bonds is 6. The van der Waals surface area contributed by atoms with E-state index in [4.69, 9.17) is 10.5 Å². The van der Waals surface area contributed by atoms with E-state index in [0.29, 0.717) is 26.1 Å². The van der Waals surface area contributed by atoms with Crippen LogP contribution in [-0.2, 0) is 21.3 Å². The standard InChI is InChI=1S/C11H20N4O3S/c1-9-11(3-6-18-9)14-19(16,17)10-7-13-15(8-10)5-2-4-12/h7-9,11,14H,2-6,12H2,1H3. The summed E-state index contributed by atoms with van der Waals surface area (Å²) in [6.45, 7) is 3.63. The molecule has 2 unspecified atom stereocenters. The van der Waals surface area contributed by atoms with Crippen molar-refractivity contribution in [3.63, 3.8) is 0 Å². The van der Waals surface area contributed by atoms with Crippen molar-refractivity contribution in [3.8, 4) is 0 Å². The van der Waals surface area contributed by atoms with Gasteiger partial charge >= 0.3 is 0 Å². The van der Waals surface area contributed by atoms with Crippen LogP contribution in [0.4, 0.5) is 0 Å². The van der Waals surface area contributed by atoms with Gasteiger partial charge in [-0.2, -0.15) is 5.10 Å². The molecule has 0 aromatic carbocycles. The average molecular weight is 288 g/mol. The zero-order valence-electron chi connectivity index (χ0n) is 10.9. The summed E-state index contributed by atoms with van der Waals surface area (Å²) in [7, 11) is -3.53. The van der Waals surface area contributed by atoms with Gasteiger partial charge in [-0.25, -0.2) is 13.1 Å². The summed E-state index contributed by atoms with van der Waals surface area (Å²) < 4.78 is 33.9. The number of hydrogen-bond acceptors (Lipinski definition) is 5. The van der Waals surface area contributed by atoms with Crippen molar-refractivity contribution in [1.29, 1.82) is 0 Å². The number of nitrogens with one attached hydrogen (secondary N) is 1. The van der Waals surface area contributed by atoms with Crippen molar-refractivity contribution in [1.82, 2.24) is 14.5 Å². The molecule has 1 aromatic rings. The first-order valence-corrected chi connectivity index (χ1v) is 7.87. The molecule has 3 N–H and O–H groups in total. The molecule has 19 heavy (non-hydrogen) atoms. The summed E-state index contributed by atoms with van der Waals surface area (Å²) >= 11 is 0. The van der Waals surface area contributed by atoms with Gasteiger partial charge in [-0.15, -0.1) is 0 Å². The van der Waals surface area contributed by atoms with Gasteiger partial charge in [0.2, 0.25) is 10.0 Å². The summed E-state index contributed by atoms with van der Waals surface area (Å²) in [5.41, 5.74) is 5.41. The molecule has 2 rings (SSSR count). The minimum Gasteiger partial charge on any atom is -0.377 e. The number of hydrogen-bond donors (Lipinski definition) is 2. The van der Waals surface area contributed by atoms with Crippen molar-refractivity contribution >= 4 is 10.0 Å². The molecule has 0 bridgehead atoms. The summed E-state index contributed by atoms with van der Waals surface area (Å²) in [5, 5.41) is 4.02. The normalized spacial score (nSPS) is 23.9. The van der Waals surface area contributed by atoms with E-state index in [1.165, 1.54) is 12.4 Å². The molecule has 7 nitrogen and oxygen atoms in total. The molecule has 0 saturated carbocycles. The lowest BCUT2D eigenvalue weighted by molar-refractivity contribution is 0.117. The third kappa shape index (κ3) is 3.53. The molecule has 0 amide bonds. The quantitative estimate of drug-likeness (QED) is 0.748. The Morgan fingerprint density at radius 1 is 1.63 bits per heavy atom. The maximum absolute atomic E-state index is 12.2. The van der Waals surface area contributed by atoms with Crippen LogP contribution in [0.15, 0.2) is 17.3 Å². The van der Waals surface area contributed by atoms with Gasteiger partial charge < -0.3 is 10.5 Å². The minimum absolute atomic E-state index is 0.0953. The number of ether oxygens (including phenoxy) is 1. The number of sulfonamides is 1. The second kappa shape index (κ2) is 6.00. The van der Waals surface area contributed by atoms with Gasteiger partial charge in [-0.3, -0.25) is 4.68 Å². The molecule has 108 valence electrons. The number of nitrogens with zero attached hydrogens (tertiary/aromatic N) is 2. The molecule has 0 spiro atoms. The lowest BCUT2D eigenvalue weighted by Gasteiger charge is -2.15. The maximum atomic E-state index is 12.2. The topological polar surface area (TPSA) is 99.2 Å². The molecule has 2 atom stereocenters. The largest absolute Gasteiger partial charge is 0.377 e. The molecule has 8 heteroatoms. The number of aryl methyl sites for hydroxylation is 1. The van der Waals surface area contributed by atoms with E-state index < -0.39 is 10.0 Å².